The number of hydrazone groups is 1. The Morgan fingerprint density at radius 3 is 2.54 bits per heavy atom. The van der Waals surface area contributed by atoms with Gasteiger partial charge in [-0.2, -0.15) is 5.10 Å². The second-order valence-corrected chi connectivity index (χ2v) is 2.54. The van der Waals surface area contributed by atoms with Crippen LogP contribution in [0.15, 0.2) is 20.8 Å². The van der Waals surface area contributed by atoms with Crippen molar-refractivity contribution >= 4 is 12.5 Å². The largest absolute Gasteiger partial charge is 0.332 e. The summed E-state index contributed by atoms with van der Waals surface area (Å²) in [5.41, 5.74) is 1.66. The molecule has 0 radical (unpaired) electrons. The molecule has 0 unspecified atom stereocenters. The summed E-state index contributed by atoms with van der Waals surface area (Å²) in [5, 5.41) is 3.37. The van der Waals surface area contributed by atoms with Gasteiger partial charge in [0, 0.05) is 26.9 Å². The van der Waals surface area contributed by atoms with E-state index in [2.05, 4.69) is 17.2 Å². The van der Waals surface area contributed by atoms with E-state index < -0.39 is 5.69 Å². The highest BCUT2D eigenvalue weighted by atomic mass is 16.2. The van der Waals surface area contributed by atoms with Gasteiger partial charge in [-0.15, -0.1) is 0 Å². The Morgan fingerprint density at radius 1 is 1.38 bits per heavy atom. The molecule has 0 aliphatic carbocycles. The molecule has 1 N–H and O–H groups in total. The van der Waals surface area contributed by atoms with Crippen molar-refractivity contribution in [1.29, 1.82) is 0 Å². The Bertz CT molecular complexity index is 443. The highest BCUT2D eigenvalue weighted by molar-refractivity contribution is 5.36. The molecule has 13 heavy (non-hydrogen) atoms. The molecule has 1 aromatic rings. The number of anilines is 1. The highest BCUT2D eigenvalue weighted by Crippen LogP contribution is 1.96. The first-order valence-electron chi connectivity index (χ1n) is 3.56. The van der Waals surface area contributed by atoms with Gasteiger partial charge in [-0.25, -0.2) is 4.79 Å². The van der Waals surface area contributed by atoms with E-state index in [0.29, 0.717) is 5.82 Å². The Balaban J connectivity index is 3.50. The molecule has 6 heteroatoms. The fourth-order valence-corrected chi connectivity index (χ4v) is 0.921. The quantitative estimate of drug-likeness (QED) is 0.476. The van der Waals surface area contributed by atoms with Crippen LogP contribution in [-0.2, 0) is 14.1 Å². The monoisotopic (exact) mass is 182 g/mol. The van der Waals surface area contributed by atoms with E-state index in [9.17, 15) is 9.59 Å². The van der Waals surface area contributed by atoms with E-state index in [4.69, 9.17) is 0 Å². The van der Waals surface area contributed by atoms with E-state index in [1.165, 1.54) is 24.7 Å². The lowest BCUT2D eigenvalue weighted by molar-refractivity contribution is 0.690. The summed E-state index contributed by atoms with van der Waals surface area (Å²) in [4.78, 5) is 22.4. The van der Waals surface area contributed by atoms with Crippen LogP contribution in [0.25, 0.3) is 0 Å². The van der Waals surface area contributed by atoms with Gasteiger partial charge >= 0.3 is 5.69 Å². The van der Waals surface area contributed by atoms with Crippen LogP contribution in [0.1, 0.15) is 0 Å². The van der Waals surface area contributed by atoms with Crippen LogP contribution in [0, 0.1) is 0 Å². The number of nitrogens with one attached hydrogen (secondary N) is 1. The van der Waals surface area contributed by atoms with Crippen molar-refractivity contribution in [2.24, 2.45) is 19.2 Å². The molecule has 70 valence electrons. The first kappa shape index (κ1) is 9.24. The van der Waals surface area contributed by atoms with E-state index in [0.717, 1.165) is 4.57 Å². The van der Waals surface area contributed by atoms with Crippen LogP contribution in [0.4, 0.5) is 5.82 Å². The lowest BCUT2D eigenvalue weighted by Gasteiger charge is -2.07. The molecular formula is C7H10N4O2. The summed E-state index contributed by atoms with van der Waals surface area (Å²) in [7, 11) is 2.95. The van der Waals surface area contributed by atoms with Crippen molar-refractivity contribution in [2.45, 2.75) is 0 Å². The van der Waals surface area contributed by atoms with Gasteiger partial charge in [0.15, 0.2) is 0 Å². The van der Waals surface area contributed by atoms with Crippen LogP contribution >= 0.6 is 0 Å². The van der Waals surface area contributed by atoms with E-state index >= 15 is 0 Å². The topological polar surface area (TPSA) is 68.4 Å². The zero-order valence-electron chi connectivity index (χ0n) is 7.44. The maximum Gasteiger partial charge on any atom is 0.332 e. The summed E-state index contributed by atoms with van der Waals surface area (Å²) in [5.74, 6) is 0.322. The van der Waals surface area contributed by atoms with Gasteiger partial charge in [0.05, 0.1) is 0 Å². The molecule has 1 heterocycles. The van der Waals surface area contributed by atoms with Crippen LogP contribution < -0.4 is 16.7 Å². The SMILES string of the molecule is C=NNc1cc(=O)n(C)c(=O)n1C. The molecule has 0 atom stereocenters. The molecule has 1 rings (SSSR count). The number of rotatable bonds is 2. The van der Waals surface area contributed by atoms with Crippen LogP contribution in [0.5, 0.6) is 0 Å². The van der Waals surface area contributed by atoms with Crippen molar-refractivity contribution in [3.05, 3.63) is 26.9 Å². The van der Waals surface area contributed by atoms with E-state index in [1.54, 1.807) is 0 Å². The van der Waals surface area contributed by atoms with Crippen molar-refractivity contribution in [1.82, 2.24) is 9.13 Å². The van der Waals surface area contributed by atoms with Gasteiger partial charge in [0.25, 0.3) is 5.56 Å². The second-order valence-electron chi connectivity index (χ2n) is 2.54. The molecule has 0 aromatic carbocycles. The van der Waals surface area contributed by atoms with Gasteiger partial charge in [0.1, 0.15) is 5.82 Å². The molecule has 0 aliphatic heterocycles. The average Bonchev–Trinajstić information content (AvgIpc) is 2.11. The molecule has 1 aromatic heterocycles. The van der Waals surface area contributed by atoms with Crippen molar-refractivity contribution in [3.63, 3.8) is 0 Å². The lowest BCUT2D eigenvalue weighted by atomic mass is 10.5. The average molecular weight is 182 g/mol. The van der Waals surface area contributed by atoms with Crippen molar-refractivity contribution < 1.29 is 0 Å². The van der Waals surface area contributed by atoms with Gasteiger partial charge in [0.2, 0.25) is 0 Å². The van der Waals surface area contributed by atoms with Crippen LogP contribution in [0.3, 0.4) is 0 Å². The minimum atomic E-state index is -0.404. The van der Waals surface area contributed by atoms with Gasteiger partial charge in [-0.1, -0.05) is 0 Å². The molecule has 0 amide bonds. The Morgan fingerprint density at radius 2 is 2.00 bits per heavy atom. The zero-order valence-corrected chi connectivity index (χ0v) is 7.44. The molecule has 0 fully saturated rings. The van der Waals surface area contributed by atoms with Crippen LogP contribution in [0.2, 0.25) is 0 Å². The van der Waals surface area contributed by atoms with Crippen molar-refractivity contribution in [2.75, 3.05) is 5.43 Å². The summed E-state index contributed by atoms with van der Waals surface area (Å²) < 4.78 is 2.28. The highest BCUT2D eigenvalue weighted by Gasteiger charge is 2.03. The fourth-order valence-electron chi connectivity index (χ4n) is 0.921. The summed E-state index contributed by atoms with van der Waals surface area (Å²) >= 11 is 0. The third-order valence-electron chi connectivity index (χ3n) is 1.72. The van der Waals surface area contributed by atoms with Gasteiger partial charge in [-0.05, 0) is 0 Å². The molecule has 0 saturated heterocycles. The summed E-state index contributed by atoms with van der Waals surface area (Å²) in [6.45, 7) is 3.19. The van der Waals surface area contributed by atoms with E-state index in [-0.39, 0.29) is 5.56 Å². The minimum Gasteiger partial charge on any atom is -0.281 e. The predicted octanol–water partition coefficient (Wildman–Crippen LogP) is -0.889. The number of hydrogen-bond acceptors (Lipinski definition) is 4. The number of hydrogen-bond donors (Lipinski definition) is 1. The third-order valence-corrected chi connectivity index (χ3v) is 1.72. The maximum absolute atomic E-state index is 11.3. The number of nitrogens with zero attached hydrogens (tertiary/aromatic N) is 3. The number of aromatic nitrogens is 2. The second kappa shape index (κ2) is 3.26. The van der Waals surface area contributed by atoms with E-state index in [1.807, 2.05) is 0 Å². The molecule has 0 bridgehead atoms. The molecular weight excluding hydrogens is 172 g/mol. The van der Waals surface area contributed by atoms with Crippen molar-refractivity contribution in [3.8, 4) is 0 Å². The van der Waals surface area contributed by atoms with Crippen LogP contribution in [-0.4, -0.2) is 15.9 Å². The Kier molecular flexibility index (Phi) is 2.32. The predicted molar refractivity (Wildman–Crippen MR) is 50.1 cm³/mol. The van der Waals surface area contributed by atoms with Gasteiger partial charge in [-0.3, -0.25) is 19.4 Å². The fraction of sp³-hybridized carbons (Fsp3) is 0.286. The minimum absolute atomic E-state index is 0.322. The molecule has 0 saturated carbocycles. The Hall–Kier alpha value is -1.85. The first-order chi connectivity index (χ1) is 6.07. The summed E-state index contributed by atoms with van der Waals surface area (Å²) in [6, 6.07) is 1.27. The van der Waals surface area contributed by atoms with Gasteiger partial charge < -0.3 is 0 Å². The molecule has 6 nitrogen and oxygen atoms in total. The normalized spacial score (nSPS) is 9.69. The molecule has 0 aliphatic rings. The smallest absolute Gasteiger partial charge is 0.281 e. The Labute approximate surface area is 74.1 Å². The third kappa shape index (κ3) is 1.51. The lowest BCUT2D eigenvalue weighted by Crippen LogP contribution is -2.37. The summed E-state index contributed by atoms with van der Waals surface area (Å²) in [6.07, 6.45) is 0. The maximum atomic E-state index is 11.3. The first-order valence-corrected chi connectivity index (χ1v) is 3.56. The standard InChI is InChI=1S/C7H10N4O2/c1-8-9-5-4-6(12)11(3)7(13)10(5)2/h4,9H,1H2,2-3H3. The molecule has 0 spiro atoms. The zero-order chi connectivity index (χ0) is 10.0.